The molecular weight excluding hydrogens is 400 g/mol. The minimum atomic E-state index is -0.592. The molecule has 4 N–H and O–H groups in total. The number of quaternary nitrogens is 1. The number of ether oxygens (including phenoxy) is 1. The van der Waals surface area contributed by atoms with Crippen LogP contribution in [0.25, 0.3) is 5.57 Å². The van der Waals surface area contributed by atoms with Crippen molar-refractivity contribution in [2.45, 2.75) is 19.8 Å². The van der Waals surface area contributed by atoms with Gasteiger partial charge in [0.1, 0.15) is 24.8 Å². The third-order valence-electron chi connectivity index (χ3n) is 4.58. The average molecular weight is 426 g/mol. The van der Waals surface area contributed by atoms with E-state index in [0.717, 1.165) is 19.4 Å². The summed E-state index contributed by atoms with van der Waals surface area (Å²) >= 11 is 0. The molecule has 0 fully saturated rings. The summed E-state index contributed by atoms with van der Waals surface area (Å²) in [5.74, 6) is 0.597. The summed E-state index contributed by atoms with van der Waals surface area (Å²) in [4.78, 5) is 8.87. The lowest BCUT2D eigenvalue weighted by atomic mass is 9.96. The van der Waals surface area contributed by atoms with Gasteiger partial charge in [0.15, 0.2) is 0 Å². The number of benzene rings is 1. The predicted octanol–water partition coefficient (Wildman–Crippen LogP) is 3.57. The molecule has 6 nitrogen and oxygen atoms in total. The van der Waals surface area contributed by atoms with Gasteiger partial charge in [0.25, 0.3) is 5.88 Å². The molecule has 1 aliphatic heterocycles. The summed E-state index contributed by atoms with van der Waals surface area (Å²) < 4.78 is 31.4. The number of halogens is 2. The zero-order chi connectivity index (χ0) is 22.1. The molecule has 31 heavy (non-hydrogen) atoms. The van der Waals surface area contributed by atoms with Crippen LogP contribution in [0.15, 0.2) is 66.3 Å². The van der Waals surface area contributed by atoms with Crippen LogP contribution < -0.4 is 10.6 Å². The van der Waals surface area contributed by atoms with E-state index in [-0.39, 0.29) is 18.1 Å². The quantitative estimate of drug-likeness (QED) is 0.400. The van der Waals surface area contributed by atoms with Gasteiger partial charge in [0, 0.05) is 30.5 Å². The number of nitrogens with two attached hydrogens (primary N) is 1. The van der Waals surface area contributed by atoms with Gasteiger partial charge in [-0.15, -0.1) is 0 Å². The van der Waals surface area contributed by atoms with Crippen molar-refractivity contribution in [1.82, 2.24) is 9.97 Å². The highest BCUT2D eigenvalue weighted by Crippen LogP contribution is 2.22. The molecule has 1 aliphatic rings. The van der Waals surface area contributed by atoms with Gasteiger partial charge in [0.05, 0.1) is 17.0 Å². The zero-order valence-electron chi connectivity index (χ0n) is 17.4. The number of anilines is 1. The lowest BCUT2D eigenvalue weighted by Crippen LogP contribution is -2.81. The Labute approximate surface area is 180 Å². The number of unbranched alkanes of at least 4 members (excludes halogenated alkanes) is 1. The molecule has 0 spiro atoms. The van der Waals surface area contributed by atoms with Gasteiger partial charge in [-0.05, 0) is 42.8 Å². The van der Waals surface area contributed by atoms with Crippen molar-refractivity contribution in [3.05, 3.63) is 83.4 Å². The fourth-order valence-corrected chi connectivity index (χ4v) is 3.04. The molecule has 0 amide bonds. The molecule has 0 aliphatic carbocycles. The van der Waals surface area contributed by atoms with Crippen molar-refractivity contribution in [3.8, 4) is 0 Å². The number of aromatic nitrogens is 2. The summed E-state index contributed by atoms with van der Waals surface area (Å²) in [6, 6.07) is 7.49. The molecule has 2 aromatic rings. The zero-order valence-corrected chi connectivity index (χ0v) is 17.4. The van der Waals surface area contributed by atoms with Crippen LogP contribution in [0.2, 0.25) is 0 Å². The van der Waals surface area contributed by atoms with E-state index in [1.165, 1.54) is 12.1 Å². The molecule has 0 saturated heterocycles. The standard InChI is InChI=1S/C23H25F2N5O/c1-2-3-13-27-23-28-14-11-19(30-23)21(22(26)16-7-9-17(25)10-8-16)18-5-4-6-20(29-18)31-15-12-24/h4-11,14,26,29H,2-3,12-13,15H2,1H3,(H,27,28,30)/p+1/b21-18-,26-22?. The van der Waals surface area contributed by atoms with Gasteiger partial charge in [-0.1, -0.05) is 13.3 Å². The van der Waals surface area contributed by atoms with Crippen LogP contribution in [0.1, 0.15) is 31.0 Å². The van der Waals surface area contributed by atoms with Gasteiger partial charge >= 0.3 is 0 Å². The van der Waals surface area contributed by atoms with Crippen LogP contribution in [0.5, 0.6) is 0 Å². The summed E-state index contributed by atoms with van der Waals surface area (Å²) in [5, 5.41) is 13.8. The first-order chi connectivity index (χ1) is 15.1. The SMILES string of the molecule is CCCCNc1nccc(/C(C(=N)c2ccc(F)cc2)=C2\C=CC=C(OCCF)[NH2+]2)n1. The first-order valence-electron chi connectivity index (χ1n) is 10.2. The van der Waals surface area contributed by atoms with E-state index in [9.17, 15) is 8.78 Å². The highest BCUT2D eigenvalue weighted by molar-refractivity contribution is 6.30. The molecule has 2 heterocycles. The first kappa shape index (κ1) is 22.3. The molecule has 0 bridgehead atoms. The van der Waals surface area contributed by atoms with Crippen LogP contribution in [0.4, 0.5) is 14.7 Å². The van der Waals surface area contributed by atoms with Crippen LogP contribution in [0.3, 0.4) is 0 Å². The minimum Gasteiger partial charge on any atom is -0.449 e. The van der Waals surface area contributed by atoms with Crippen molar-refractivity contribution in [1.29, 1.82) is 5.41 Å². The summed E-state index contributed by atoms with van der Waals surface area (Å²) in [6.45, 7) is 2.21. The number of hydrogen-bond acceptors (Lipinski definition) is 5. The highest BCUT2D eigenvalue weighted by Gasteiger charge is 2.23. The third kappa shape index (κ3) is 6.05. The second-order valence-electron chi connectivity index (χ2n) is 6.87. The Hall–Kier alpha value is -3.39. The number of allylic oxidation sites excluding steroid dienone is 4. The van der Waals surface area contributed by atoms with Crippen LogP contribution in [-0.2, 0) is 4.74 Å². The Morgan fingerprint density at radius 2 is 2.03 bits per heavy atom. The Bertz CT molecular complexity index is 999. The lowest BCUT2D eigenvalue weighted by Gasteiger charge is -2.16. The maximum atomic E-state index is 13.4. The minimum absolute atomic E-state index is 0.0484. The smallest absolute Gasteiger partial charge is 0.293 e. The van der Waals surface area contributed by atoms with Crippen molar-refractivity contribution in [3.63, 3.8) is 0 Å². The van der Waals surface area contributed by atoms with E-state index in [4.69, 9.17) is 10.1 Å². The van der Waals surface area contributed by atoms with Crippen LogP contribution in [0, 0.1) is 11.2 Å². The first-order valence-corrected chi connectivity index (χ1v) is 10.2. The molecule has 0 saturated carbocycles. The van der Waals surface area contributed by atoms with Gasteiger partial charge < -0.3 is 10.1 Å². The largest absolute Gasteiger partial charge is 0.449 e. The lowest BCUT2D eigenvalue weighted by molar-refractivity contribution is -0.580. The number of hydrogen-bond donors (Lipinski definition) is 3. The van der Waals surface area contributed by atoms with Crippen molar-refractivity contribution >= 4 is 17.2 Å². The fourth-order valence-electron chi connectivity index (χ4n) is 3.04. The molecule has 0 unspecified atom stereocenters. The highest BCUT2D eigenvalue weighted by atomic mass is 19.1. The Kier molecular flexibility index (Phi) is 8.00. The summed E-state index contributed by atoms with van der Waals surface area (Å²) in [7, 11) is 0. The molecule has 0 radical (unpaired) electrons. The number of rotatable bonds is 10. The summed E-state index contributed by atoms with van der Waals surface area (Å²) in [6.07, 6.45) is 9.02. The maximum Gasteiger partial charge on any atom is 0.293 e. The van der Waals surface area contributed by atoms with Crippen LogP contribution >= 0.6 is 0 Å². The van der Waals surface area contributed by atoms with Crippen LogP contribution in [-0.4, -0.2) is 35.5 Å². The molecule has 1 aromatic heterocycles. The van der Waals surface area contributed by atoms with E-state index in [0.29, 0.717) is 34.4 Å². The van der Waals surface area contributed by atoms with E-state index in [1.807, 2.05) is 6.08 Å². The molecule has 3 rings (SSSR count). The molecule has 1 aromatic carbocycles. The van der Waals surface area contributed by atoms with E-state index >= 15 is 0 Å². The second kappa shape index (κ2) is 11.1. The number of nitrogens with zero attached hydrogens (tertiary/aromatic N) is 2. The fraction of sp³-hybridized carbons (Fsp3) is 0.261. The normalized spacial score (nSPS) is 14.7. The number of alkyl halides is 1. The topological polar surface area (TPSA) is 87.5 Å². The van der Waals surface area contributed by atoms with E-state index < -0.39 is 6.67 Å². The summed E-state index contributed by atoms with van der Waals surface area (Å²) in [5.41, 5.74) is 2.50. The van der Waals surface area contributed by atoms with Gasteiger partial charge in [0.2, 0.25) is 5.95 Å². The molecule has 0 atom stereocenters. The Balaban J connectivity index is 2.00. The van der Waals surface area contributed by atoms with Crippen molar-refractivity contribution < 1.29 is 18.8 Å². The monoisotopic (exact) mass is 426 g/mol. The Morgan fingerprint density at radius 1 is 1.23 bits per heavy atom. The molecular formula is C23H26F2N5O+. The van der Waals surface area contributed by atoms with Gasteiger partial charge in [-0.25, -0.2) is 24.1 Å². The third-order valence-corrected chi connectivity index (χ3v) is 4.58. The van der Waals surface area contributed by atoms with Crippen molar-refractivity contribution in [2.24, 2.45) is 0 Å². The Morgan fingerprint density at radius 3 is 2.77 bits per heavy atom. The van der Waals surface area contributed by atoms with Gasteiger partial charge in [-0.2, -0.15) is 0 Å². The maximum absolute atomic E-state index is 13.4. The number of nitrogens with one attached hydrogen (secondary N) is 2. The van der Waals surface area contributed by atoms with Gasteiger partial charge in [-0.3, -0.25) is 5.41 Å². The van der Waals surface area contributed by atoms with E-state index in [1.54, 1.807) is 41.9 Å². The van der Waals surface area contributed by atoms with Crippen molar-refractivity contribution in [2.75, 3.05) is 25.1 Å². The predicted molar refractivity (Wildman–Crippen MR) is 117 cm³/mol. The average Bonchev–Trinajstić information content (AvgIpc) is 2.79. The second-order valence-corrected chi connectivity index (χ2v) is 6.87. The molecule has 162 valence electrons. The van der Waals surface area contributed by atoms with E-state index in [2.05, 4.69) is 22.2 Å². The molecule has 8 heteroatoms.